The predicted octanol–water partition coefficient (Wildman–Crippen LogP) is 4.09. The Balaban J connectivity index is 2.61. The summed E-state index contributed by atoms with van der Waals surface area (Å²) in [5.41, 5.74) is 1.55. The normalized spacial score (nSPS) is 11.8. The van der Waals surface area contributed by atoms with Gasteiger partial charge in [-0.1, -0.05) is 41.9 Å². The highest BCUT2D eigenvalue weighted by Crippen LogP contribution is 2.33. The molecule has 0 aliphatic rings. The van der Waals surface area contributed by atoms with Crippen LogP contribution in [0.3, 0.4) is 0 Å². The van der Waals surface area contributed by atoms with E-state index < -0.39 is 0 Å². The first-order valence-electron chi connectivity index (χ1n) is 5.68. The summed E-state index contributed by atoms with van der Waals surface area (Å²) in [5.74, 6) is 0.656. The van der Waals surface area contributed by atoms with Crippen molar-refractivity contribution >= 4 is 28.1 Å². The van der Waals surface area contributed by atoms with E-state index in [1.165, 1.54) is 0 Å². The van der Waals surface area contributed by atoms with Crippen molar-refractivity contribution in [3.05, 3.63) is 40.9 Å². The van der Waals surface area contributed by atoms with E-state index in [1.807, 2.05) is 37.3 Å². The van der Waals surface area contributed by atoms with Crippen molar-refractivity contribution in [2.24, 2.45) is 5.16 Å². The van der Waals surface area contributed by atoms with Gasteiger partial charge in [-0.2, -0.15) is 0 Å². The van der Waals surface area contributed by atoms with Crippen LogP contribution in [0.25, 0.3) is 10.8 Å². The summed E-state index contributed by atoms with van der Waals surface area (Å²) in [7, 11) is 1.59. The van der Waals surface area contributed by atoms with Crippen LogP contribution in [0.4, 0.5) is 0 Å². The lowest BCUT2D eigenvalue weighted by Gasteiger charge is -2.08. The molecule has 0 fully saturated rings. The van der Waals surface area contributed by atoms with Crippen LogP contribution in [-0.4, -0.2) is 18.0 Å². The van der Waals surface area contributed by atoms with Crippen molar-refractivity contribution < 1.29 is 9.94 Å². The van der Waals surface area contributed by atoms with E-state index in [9.17, 15) is 0 Å². The third-order valence-corrected chi connectivity index (χ3v) is 3.32. The number of rotatable bonds is 3. The first-order valence-corrected chi connectivity index (χ1v) is 6.06. The van der Waals surface area contributed by atoms with E-state index in [4.69, 9.17) is 21.5 Å². The van der Waals surface area contributed by atoms with E-state index in [0.717, 1.165) is 16.3 Å². The van der Waals surface area contributed by atoms with Gasteiger partial charge in [0.2, 0.25) is 0 Å². The van der Waals surface area contributed by atoms with Crippen LogP contribution in [0.5, 0.6) is 5.75 Å². The molecule has 0 saturated carbocycles. The minimum atomic E-state index is 0.598. The molecule has 0 saturated heterocycles. The number of fused-ring (bicyclic) bond motifs is 1. The first kappa shape index (κ1) is 12.7. The molecule has 2 rings (SSSR count). The third-order valence-electron chi connectivity index (χ3n) is 2.93. The third kappa shape index (κ3) is 2.14. The molecule has 4 heteroatoms. The van der Waals surface area contributed by atoms with Gasteiger partial charge in [-0.05, 0) is 29.5 Å². The smallest absolute Gasteiger partial charge is 0.138 e. The number of halogens is 1. The maximum Gasteiger partial charge on any atom is 0.138 e. The van der Waals surface area contributed by atoms with E-state index in [-0.39, 0.29) is 0 Å². The summed E-state index contributed by atoms with van der Waals surface area (Å²) in [6.45, 7) is 1.94. The maximum atomic E-state index is 8.93. The fourth-order valence-electron chi connectivity index (χ4n) is 1.94. The zero-order valence-corrected chi connectivity index (χ0v) is 11.0. The second kappa shape index (κ2) is 5.27. The highest BCUT2D eigenvalue weighted by molar-refractivity contribution is 6.37. The zero-order chi connectivity index (χ0) is 13.1. The molecule has 0 unspecified atom stereocenters. The molecule has 0 heterocycles. The molecule has 3 nitrogen and oxygen atoms in total. The van der Waals surface area contributed by atoms with Crippen molar-refractivity contribution in [1.82, 2.24) is 0 Å². The van der Waals surface area contributed by atoms with Crippen LogP contribution < -0.4 is 4.74 Å². The molecule has 0 aliphatic carbocycles. The second-order valence-electron chi connectivity index (χ2n) is 3.92. The number of nitrogens with zero attached hydrogens (tertiary/aromatic N) is 1. The van der Waals surface area contributed by atoms with E-state index >= 15 is 0 Å². The lowest BCUT2D eigenvalue weighted by Crippen LogP contribution is -1.98. The maximum absolute atomic E-state index is 8.93. The molecule has 0 radical (unpaired) electrons. The second-order valence-corrected chi connectivity index (χ2v) is 4.30. The Morgan fingerprint density at radius 3 is 2.72 bits per heavy atom. The van der Waals surface area contributed by atoms with Gasteiger partial charge in [-0.25, -0.2) is 0 Å². The highest BCUT2D eigenvalue weighted by Gasteiger charge is 2.08. The number of oxime groups is 1. The summed E-state index contributed by atoms with van der Waals surface area (Å²) in [5, 5.41) is 14.7. The van der Waals surface area contributed by atoms with Crippen molar-refractivity contribution in [1.29, 1.82) is 0 Å². The monoisotopic (exact) mass is 263 g/mol. The topological polar surface area (TPSA) is 41.8 Å². The van der Waals surface area contributed by atoms with Crippen LogP contribution in [0.1, 0.15) is 18.9 Å². The van der Waals surface area contributed by atoms with Gasteiger partial charge in [0, 0.05) is 5.39 Å². The van der Waals surface area contributed by atoms with Gasteiger partial charge in [-0.15, -0.1) is 0 Å². The molecule has 0 atom stereocenters. The Morgan fingerprint density at radius 2 is 2.11 bits per heavy atom. The quantitative estimate of drug-likeness (QED) is 0.515. The number of hydrogen-bond acceptors (Lipinski definition) is 3. The summed E-state index contributed by atoms with van der Waals surface area (Å²) < 4.78 is 5.18. The van der Waals surface area contributed by atoms with Crippen LogP contribution >= 0.6 is 11.6 Å². The van der Waals surface area contributed by atoms with Crippen LogP contribution in [0, 0.1) is 0 Å². The van der Waals surface area contributed by atoms with Crippen molar-refractivity contribution in [3.8, 4) is 5.75 Å². The fourth-order valence-corrected chi connectivity index (χ4v) is 2.25. The predicted molar refractivity (Wildman–Crippen MR) is 74.1 cm³/mol. The molecule has 0 aliphatic heterocycles. The molecule has 1 N–H and O–H groups in total. The van der Waals surface area contributed by atoms with Gasteiger partial charge in [0.15, 0.2) is 0 Å². The number of ether oxygens (including phenoxy) is 1. The Hall–Kier alpha value is -1.74. The Kier molecular flexibility index (Phi) is 3.72. The van der Waals surface area contributed by atoms with Crippen molar-refractivity contribution in [2.75, 3.05) is 7.11 Å². The van der Waals surface area contributed by atoms with Gasteiger partial charge in [0.05, 0.1) is 17.8 Å². The van der Waals surface area contributed by atoms with Crippen molar-refractivity contribution in [3.63, 3.8) is 0 Å². The standard InChI is InChI=1S/C14H14ClNO2/c1-3-12(16-17)10-4-6-11-9(8-10)5-7-13(18-2)14(11)15/h4-8,17H,3H2,1-2H3/b16-12+. The molecular weight excluding hydrogens is 250 g/mol. The molecular formula is C14H14ClNO2. The van der Waals surface area contributed by atoms with E-state index in [1.54, 1.807) is 7.11 Å². The highest BCUT2D eigenvalue weighted by atomic mass is 35.5. The Morgan fingerprint density at radius 1 is 1.33 bits per heavy atom. The molecule has 0 bridgehead atoms. The molecule has 2 aromatic rings. The van der Waals surface area contributed by atoms with Gasteiger partial charge < -0.3 is 9.94 Å². The first-order chi connectivity index (χ1) is 8.71. The largest absolute Gasteiger partial charge is 0.495 e. The van der Waals surface area contributed by atoms with Crippen molar-refractivity contribution in [2.45, 2.75) is 13.3 Å². The van der Waals surface area contributed by atoms with Gasteiger partial charge in [0.25, 0.3) is 0 Å². The fraction of sp³-hybridized carbons (Fsp3) is 0.214. The van der Waals surface area contributed by atoms with E-state index in [2.05, 4.69) is 5.16 Å². The Bertz CT molecular complexity index is 608. The number of methoxy groups -OCH3 is 1. The van der Waals surface area contributed by atoms with Crippen LogP contribution in [0.2, 0.25) is 5.02 Å². The molecule has 0 amide bonds. The Labute approximate surface area is 111 Å². The van der Waals surface area contributed by atoms with Gasteiger partial charge in [0.1, 0.15) is 5.75 Å². The molecule has 18 heavy (non-hydrogen) atoms. The molecule has 0 aromatic heterocycles. The molecule has 2 aromatic carbocycles. The van der Waals surface area contributed by atoms with Crippen LogP contribution in [-0.2, 0) is 0 Å². The number of hydrogen-bond donors (Lipinski definition) is 1. The van der Waals surface area contributed by atoms with Crippen LogP contribution in [0.15, 0.2) is 35.5 Å². The van der Waals surface area contributed by atoms with Gasteiger partial charge in [-0.3, -0.25) is 0 Å². The SMILES string of the molecule is CC/C(=N\O)c1ccc2c(Cl)c(OC)ccc2c1. The average molecular weight is 264 g/mol. The average Bonchev–Trinajstić information content (AvgIpc) is 2.40. The van der Waals surface area contributed by atoms with E-state index in [0.29, 0.717) is 22.9 Å². The van der Waals surface area contributed by atoms with Gasteiger partial charge >= 0.3 is 0 Å². The zero-order valence-electron chi connectivity index (χ0n) is 10.3. The molecule has 0 spiro atoms. The summed E-state index contributed by atoms with van der Waals surface area (Å²) >= 11 is 6.24. The lowest BCUT2D eigenvalue weighted by atomic mass is 10.0. The summed E-state index contributed by atoms with van der Waals surface area (Å²) in [6.07, 6.45) is 0.673. The molecule has 94 valence electrons. The summed E-state index contributed by atoms with van der Waals surface area (Å²) in [6, 6.07) is 9.53. The summed E-state index contributed by atoms with van der Waals surface area (Å²) in [4.78, 5) is 0. The lowest BCUT2D eigenvalue weighted by molar-refractivity contribution is 0.318. The minimum Gasteiger partial charge on any atom is -0.495 e. The number of benzene rings is 2. The minimum absolute atomic E-state index is 0.598.